The van der Waals surface area contributed by atoms with E-state index in [1.54, 1.807) is 0 Å². The lowest BCUT2D eigenvalue weighted by Gasteiger charge is -2.33. The van der Waals surface area contributed by atoms with Gasteiger partial charge in [-0.05, 0) is 45.0 Å². The molecule has 0 N–H and O–H groups in total. The predicted molar refractivity (Wildman–Crippen MR) is 87.1 cm³/mol. The molecule has 0 amide bonds. The van der Waals surface area contributed by atoms with Crippen molar-refractivity contribution in [3.05, 3.63) is 23.7 Å². The first kappa shape index (κ1) is 14.8. The maximum Gasteiger partial charge on any atom is 0.160 e. The van der Waals surface area contributed by atoms with E-state index >= 15 is 0 Å². The molecule has 21 heavy (non-hydrogen) atoms. The summed E-state index contributed by atoms with van der Waals surface area (Å²) in [5.74, 6) is 1.69. The second-order valence-electron chi connectivity index (χ2n) is 5.82. The van der Waals surface area contributed by atoms with Crippen LogP contribution >= 0.6 is 11.6 Å². The van der Waals surface area contributed by atoms with Crippen molar-refractivity contribution in [3.63, 3.8) is 0 Å². The van der Waals surface area contributed by atoms with Crippen LogP contribution in [0.3, 0.4) is 0 Å². The highest BCUT2D eigenvalue weighted by molar-refractivity contribution is 6.17. The molecule has 3 rings (SSSR count). The Morgan fingerprint density at radius 2 is 2.19 bits per heavy atom. The van der Waals surface area contributed by atoms with Crippen molar-refractivity contribution in [1.82, 2.24) is 19.4 Å². The minimum absolute atomic E-state index is 0.469. The number of likely N-dealkylation sites (tertiary alicyclic amines) is 1. The van der Waals surface area contributed by atoms with E-state index in [-0.39, 0.29) is 0 Å². The molecule has 114 valence electrons. The summed E-state index contributed by atoms with van der Waals surface area (Å²) in [6.45, 7) is 7.68. The van der Waals surface area contributed by atoms with Crippen LogP contribution in [0.1, 0.15) is 37.3 Å². The van der Waals surface area contributed by atoms with E-state index < -0.39 is 0 Å². The molecule has 4 nitrogen and oxygen atoms in total. The van der Waals surface area contributed by atoms with Gasteiger partial charge in [0.1, 0.15) is 11.3 Å². The fourth-order valence-corrected chi connectivity index (χ4v) is 3.46. The van der Waals surface area contributed by atoms with Crippen LogP contribution in [0.2, 0.25) is 0 Å². The second kappa shape index (κ2) is 6.32. The minimum Gasteiger partial charge on any atom is -0.308 e. The number of nitrogens with zero attached hydrogens (tertiary/aromatic N) is 4. The number of hydrogen-bond acceptors (Lipinski definition) is 3. The van der Waals surface area contributed by atoms with Crippen LogP contribution in [0.25, 0.3) is 11.2 Å². The van der Waals surface area contributed by atoms with Gasteiger partial charge in [0, 0.05) is 30.6 Å². The van der Waals surface area contributed by atoms with Gasteiger partial charge in [-0.25, -0.2) is 9.97 Å². The Bertz CT molecular complexity index is 622. The van der Waals surface area contributed by atoms with Crippen molar-refractivity contribution in [2.75, 3.05) is 25.5 Å². The summed E-state index contributed by atoms with van der Waals surface area (Å²) < 4.78 is 2.35. The Labute approximate surface area is 131 Å². The lowest BCUT2D eigenvalue weighted by molar-refractivity contribution is 0.185. The van der Waals surface area contributed by atoms with Gasteiger partial charge in [-0.1, -0.05) is 6.92 Å². The molecule has 0 spiro atoms. The average molecular weight is 307 g/mol. The highest BCUT2D eigenvalue weighted by Crippen LogP contribution is 2.27. The average Bonchev–Trinajstić information content (AvgIpc) is 2.85. The van der Waals surface area contributed by atoms with Crippen molar-refractivity contribution < 1.29 is 0 Å². The Morgan fingerprint density at radius 1 is 1.33 bits per heavy atom. The van der Waals surface area contributed by atoms with E-state index in [4.69, 9.17) is 21.6 Å². The summed E-state index contributed by atoms with van der Waals surface area (Å²) >= 11 is 5.98. The van der Waals surface area contributed by atoms with Crippen LogP contribution in [0, 0.1) is 6.92 Å². The Balaban J connectivity index is 2.05. The minimum atomic E-state index is 0.469. The van der Waals surface area contributed by atoms with Crippen molar-refractivity contribution >= 4 is 22.8 Å². The van der Waals surface area contributed by atoms with Gasteiger partial charge < -0.3 is 9.47 Å². The zero-order chi connectivity index (χ0) is 14.8. The summed E-state index contributed by atoms with van der Waals surface area (Å²) in [6.07, 6.45) is 3.25. The van der Waals surface area contributed by atoms with Gasteiger partial charge in [-0.2, -0.15) is 0 Å². The number of likely N-dealkylation sites (N-methyl/N-ethyl adjacent to an activating group) is 1. The normalized spacial score (nSPS) is 20.2. The molecular formula is C16H23ClN4. The van der Waals surface area contributed by atoms with Crippen LogP contribution in [0.15, 0.2) is 12.1 Å². The number of aromatic nitrogens is 3. The van der Waals surface area contributed by atoms with Gasteiger partial charge in [0.2, 0.25) is 0 Å². The third kappa shape index (κ3) is 2.92. The Hall–Kier alpha value is -1.13. The molecule has 0 aromatic carbocycles. The SMILES string of the molecule is CCN1CCCC(n2c(CCCl)nc3ccc(C)nc32)C1. The first-order valence-electron chi connectivity index (χ1n) is 7.85. The van der Waals surface area contributed by atoms with Crippen LogP contribution in [0.4, 0.5) is 0 Å². The van der Waals surface area contributed by atoms with E-state index in [0.29, 0.717) is 11.9 Å². The summed E-state index contributed by atoms with van der Waals surface area (Å²) in [4.78, 5) is 12.0. The van der Waals surface area contributed by atoms with E-state index in [9.17, 15) is 0 Å². The second-order valence-corrected chi connectivity index (χ2v) is 6.20. The van der Waals surface area contributed by atoms with Crippen molar-refractivity contribution in [3.8, 4) is 0 Å². The highest BCUT2D eigenvalue weighted by atomic mass is 35.5. The molecule has 1 atom stereocenters. The number of fused-ring (bicyclic) bond motifs is 1. The summed E-state index contributed by atoms with van der Waals surface area (Å²) in [6, 6.07) is 4.58. The Morgan fingerprint density at radius 3 is 2.95 bits per heavy atom. The highest BCUT2D eigenvalue weighted by Gasteiger charge is 2.24. The van der Waals surface area contributed by atoms with E-state index in [1.165, 1.54) is 19.4 Å². The lowest BCUT2D eigenvalue weighted by atomic mass is 10.1. The summed E-state index contributed by atoms with van der Waals surface area (Å²) in [5.41, 5.74) is 3.07. The Kier molecular flexibility index (Phi) is 4.45. The summed E-state index contributed by atoms with van der Waals surface area (Å²) in [5, 5.41) is 0. The number of pyridine rings is 1. The number of hydrogen-bond donors (Lipinski definition) is 0. The van der Waals surface area contributed by atoms with Crippen molar-refractivity contribution in [2.45, 2.75) is 39.2 Å². The first-order chi connectivity index (χ1) is 10.2. The smallest absolute Gasteiger partial charge is 0.160 e. The standard InChI is InChI=1S/C16H23ClN4/c1-3-20-10-4-5-13(11-20)21-15(8-9-17)19-14-7-6-12(2)18-16(14)21/h6-7,13H,3-5,8-11H2,1-2H3. The summed E-state index contributed by atoms with van der Waals surface area (Å²) in [7, 11) is 0. The van der Waals surface area contributed by atoms with Gasteiger partial charge >= 0.3 is 0 Å². The van der Waals surface area contributed by atoms with Gasteiger partial charge in [0.05, 0.1) is 0 Å². The number of piperidine rings is 1. The topological polar surface area (TPSA) is 34.0 Å². The quantitative estimate of drug-likeness (QED) is 0.814. The maximum absolute atomic E-state index is 5.98. The third-order valence-electron chi connectivity index (χ3n) is 4.36. The molecule has 5 heteroatoms. The van der Waals surface area contributed by atoms with E-state index in [0.717, 1.165) is 42.2 Å². The fourth-order valence-electron chi connectivity index (χ4n) is 3.29. The molecule has 1 saturated heterocycles. The predicted octanol–water partition coefficient (Wildman–Crippen LogP) is 3.18. The molecule has 2 aromatic rings. The number of aryl methyl sites for hydroxylation is 2. The number of rotatable bonds is 4. The molecule has 3 heterocycles. The van der Waals surface area contributed by atoms with Gasteiger partial charge in [0.25, 0.3) is 0 Å². The van der Waals surface area contributed by atoms with E-state index in [1.807, 2.05) is 13.0 Å². The van der Waals surface area contributed by atoms with Gasteiger partial charge in [0.15, 0.2) is 5.65 Å². The van der Waals surface area contributed by atoms with Gasteiger partial charge in [-0.3, -0.25) is 0 Å². The molecule has 2 aromatic heterocycles. The lowest BCUT2D eigenvalue weighted by Crippen LogP contribution is -2.36. The molecule has 0 aliphatic carbocycles. The maximum atomic E-state index is 5.98. The first-order valence-corrected chi connectivity index (χ1v) is 8.39. The number of halogens is 1. The van der Waals surface area contributed by atoms with Crippen LogP contribution in [-0.2, 0) is 6.42 Å². The molecule has 1 unspecified atom stereocenters. The van der Waals surface area contributed by atoms with Crippen molar-refractivity contribution in [1.29, 1.82) is 0 Å². The number of imidazole rings is 1. The molecule has 0 saturated carbocycles. The zero-order valence-corrected chi connectivity index (χ0v) is 13.6. The van der Waals surface area contributed by atoms with Crippen molar-refractivity contribution in [2.24, 2.45) is 0 Å². The molecule has 0 bridgehead atoms. The fraction of sp³-hybridized carbons (Fsp3) is 0.625. The van der Waals surface area contributed by atoms with Crippen LogP contribution in [0.5, 0.6) is 0 Å². The van der Waals surface area contributed by atoms with Crippen LogP contribution < -0.4 is 0 Å². The third-order valence-corrected chi connectivity index (χ3v) is 4.55. The molecule has 1 aliphatic heterocycles. The largest absolute Gasteiger partial charge is 0.308 e. The zero-order valence-electron chi connectivity index (χ0n) is 12.8. The molecule has 0 radical (unpaired) electrons. The van der Waals surface area contributed by atoms with E-state index in [2.05, 4.69) is 22.5 Å². The number of alkyl halides is 1. The molecule has 1 aliphatic rings. The monoisotopic (exact) mass is 306 g/mol. The van der Waals surface area contributed by atoms with Gasteiger partial charge in [-0.15, -0.1) is 11.6 Å². The van der Waals surface area contributed by atoms with Crippen LogP contribution in [-0.4, -0.2) is 44.9 Å². The molecule has 1 fully saturated rings. The molecular weight excluding hydrogens is 284 g/mol.